The topological polar surface area (TPSA) is 23.5 Å². The molecule has 1 aliphatic rings. The maximum absolute atomic E-state index is 9.96. The maximum Gasteiger partial charge on any atom is 0.0527 e. The van der Waals surface area contributed by atoms with Gasteiger partial charge in [-0.25, -0.2) is 0 Å². The highest BCUT2D eigenvalue weighted by Crippen LogP contribution is 2.40. The van der Waals surface area contributed by atoms with Gasteiger partial charge in [0.2, 0.25) is 0 Å². The van der Waals surface area contributed by atoms with Crippen molar-refractivity contribution in [3.05, 3.63) is 0 Å². The molecule has 0 aromatic heterocycles. The van der Waals surface area contributed by atoms with Crippen molar-refractivity contribution in [1.82, 2.24) is 5.06 Å². The molecule has 0 aliphatic carbocycles. The largest absolute Gasteiger partial charge is 0.313 e. The highest BCUT2D eigenvalue weighted by Gasteiger charge is 2.45. The predicted octanol–water partition coefficient (Wildman–Crippen LogP) is 2.83. The maximum atomic E-state index is 9.96. The predicted molar refractivity (Wildman–Crippen MR) is 58.8 cm³/mol. The first-order chi connectivity index (χ1) is 5.28. The Balaban J connectivity index is 2.86. The van der Waals surface area contributed by atoms with E-state index in [2.05, 4.69) is 50.3 Å². The Morgan fingerprint density at radius 2 is 1.83 bits per heavy atom. The molecule has 0 aromatic carbocycles. The minimum absolute atomic E-state index is 0.0643. The molecule has 1 fully saturated rings. The highest BCUT2D eigenvalue weighted by atomic mass is 127. The molecule has 1 atom stereocenters. The van der Waals surface area contributed by atoms with Gasteiger partial charge >= 0.3 is 0 Å². The summed E-state index contributed by atoms with van der Waals surface area (Å²) >= 11 is 2.43. The molecule has 1 aliphatic heterocycles. The van der Waals surface area contributed by atoms with Crippen molar-refractivity contribution in [2.45, 2.75) is 55.5 Å². The fraction of sp³-hybridized carbons (Fsp3) is 1.00. The lowest BCUT2D eigenvalue weighted by Gasteiger charge is -2.51. The van der Waals surface area contributed by atoms with E-state index in [4.69, 9.17) is 0 Å². The standard InChI is InChI=1S/C9H18INO/c1-8(2)6-5-7(10)9(3,4)11(8)12/h7,12H,5-6H2,1-4H3. The van der Waals surface area contributed by atoms with Crippen LogP contribution < -0.4 is 0 Å². The van der Waals surface area contributed by atoms with Crippen molar-refractivity contribution < 1.29 is 5.21 Å². The number of hydrogen-bond acceptors (Lipinski definition) is 2. The van der Waals surface area contributed by atoms with E-state index in [0.29, 0.717) is 3.92 Å². The quantitative estimate of drug-likeness (QED) is 0.546. The van der Waals surface area contributed by atoms with Gasteiger partial charge in [0, 0.05) is 9.46 Å². The van der Waals surface area contributed by atoms with E-state index < -0.39 is 0 Å². The Bertz CT molecular complexity index is 179. The van der Waals surface area contributed by atoms with Crippen LogP contribution in [0.15, 0.2) is 0 Å². The minimum Gasteiger partial charge on any atom is -0.313 e. The zero-order chi connectivity index (χ0) is 9.57. The Morgan fingerprint density at radius 3 is 2.25 bits per heavy atom. The minimum atomic E-state index is -0.0949. The van der Waals surface area contributed by atoms with E-state index in [1.807, 2.05) is 0 Å². The van der Waals surface area contributed by atoms with Gasteiger partial charge in [-0.1, -0.05) is 22.6 Å². The van der Waals surface area contributed by atoms with E-state index >= 15 is 0 Å². The van der Waals surface area contributed by atoms with Crippen LogP contribution in [0.5, 0.6) is 0 Å². The van der Waals surface area contributed by atoms with Gasteiger partial charge in [-0.05, 0) is 40.5 Å². The lowest BCUT2D eigenvalue weighted by molar-refractivity contribution is -0.237. The number of rotatable bonds is 0. The Hall–Kier alpha value is 0.650. The van der Waals surface area contributed by atoms with Gasteiger partial charge in [0.05, 0.1) is 5.54 Å². The third kappa shape index (κ3) is 1.63. The number of hydroxylamine groups is 2. The number of hydrogen-bond donors (Lipinski definition) is 1. The average molecular weight is 283 g/mol. The van der Waals surface area contributed by atoms with Gasteiger partial charge in [0.15, 0.2) is 0 Å². The molecular weight excluding hydrogens is 265 g/mol. The van der Waals surface area contributed by atoms with E-state index in [9.17, 15) is 5.21 Å². The summed E-state index contributed by atoms with van der Waals surface area (Å²) < 4.78 is 0.535. The molecule has 0 saturated carbocycles. The van der Waals surface area contributed by atoms with Crippen molar-refractivity contribution in [2.75, 3.05) is 0 Å². The first-order valence-corrected chi connectivity index (χ1v) is 5.66. The third-order valence-corrected chi connectivity index (χ3v) is 5.04. The summed E-state index contributed by atoms with van der Waals surface area (Å²) in [6.07, 6.45) is 2.26. The van der Waals surface area contributed by atoms with Crippen LogP contribution in [-0.2, 0) is 0 Å². The van der Waals surface area contributed by atoms with Gasteiger partial charge < -0.3 is 5.21 Å². The summed E-state index contributed by atoms with van der Waals surface area (Å²) in [5.74, 6) is 0. The number of halogens is 1. The number of nitrogens with zero attached hydrogens (tertiary/aromatic N) is 1. The van der Waals surface area contributed by atoms with Crippen molar-refractivity contribution in [2.24, 2.45) is 0 Å². The summed E-state index contributed by atoms with van der Waals surface area (Å²) in [6, 6.07) is 0. The van der Waals surface area contributed by atoms with Crippen molar-refractivity contribution in [3.63, 3.8) is 0 Å². The van der Waals surface area contributed by atoms with Crippen LogP contribution in [0.25, 0.3) is 0 Å². The van der Waals surface area contributed by atoms with Crippen LogP contribution in [0.1, 0.15) is 40.5 Å². The van der Waals surface area contributed by atoms with Crippen molar-refractivity contribution >= 4 is 22.6 Å². The Labute approximate surface area is 88.4 Å². The summed E-state index contributed by atoms with van der Waals surface area (Å²) in [6.45, 7) is 8.39. The molecule has 0 radical (unpaired) electrons. The highest BCUT2D eigenvalue weighted by molar-refractivity contribution is 14.1. The molecule has 1 saturated heterocycles. The van der Waals surface area contributed by atoms with Crippen molar-refractivity contribution in [3.8, 4) is 0 Å². The smallest absolute Gasteiger partial charge is 0.0527 e. The summed E-state index contributed by atoms with van der Waals surface area (Å²) in [5.41, 5.74) is -0.159. The molecule has 0 bridgehead atoms. The third-order valence-electron chi connectivity index (χ3n) is 2.90. The normalized spacial score (nSPS) is 35.0. The van der Waals surface area contributed by atoms with Crippen LogP contribution in [0.2, 0.25) is 0 Å². The summed E-state index contributed by atoms with van der Waals surface area (Å²) in [4.78, 5) is 0. The van der Waals surface area contributed by atoms with Gasteiger partial charge in [-0.3, -0.25) is 0 Å². The molecule has 0 aromatic rings. The van der Waals surface area contributed by atoms with Crippen LogP contribution in [0, 0.1) is 0 Å². The zero-order valence-corrected chi connectivity index (χ0v) is 10.4. The lowest BCUT2D eigenvalue weighted by atomic mass is 9.82. The van der Waals surface area contributed by atoms with Crippen LogP contribution in [-0.4, -0.2) is 25.3 Å². The van der Waals surface area contributed by atoms with Gasteiger partial charge in [0.25, 0.3) is 0 Å². The fourth-order valence-electron chi connectivity index (χ4n) is 1.85. The second-order valence-corrected chi connectivity index (χ2v) is 6.29. The van der Waals surface area contributed by atoms with Gasteiger partial charge in [0.1, 0.15) is 0 Å². The SMILES string of the molecule is CC1(C)CCC(I)C(C)(C)N1O. The molecule has 2 nitrogen and oxygen atoms in total. The molecule has 1 heterocycles. The fourth-order valence-corrected chi connectivity index (χ4v) is 2.43. The molecule has 12 heavy (non-hydrogen) atoms. The van der Waals surface area contributed by atoms with Crippen LogP contribution in [0.3, 0.4) is 0 Å². The van der Waals surface area contributed by atoms with E-state index in [1.165, 1.54) is 11.5 Å². The molecule has 1 N–H and O–H groups in total. The van der Waals surface area contributed by atoms with Crippen LogP contribution >= 0.6 is 22.6 Å². The number of piperidine rings is 1. The lowest BCUT2D eigenvalue weighted by Crippen LogP contribution is -2.61. The molecule has 0 spiro atoms. The monoisotopic (exact) mass is 283 g/mol. The summed E-state index contributed by atoms with van der Waals surface area (Å²) in [5, 5.41) is 11.5. The van der Waals surface area contributed by atoms with Gasteiger partial charge in [-0.2, -0.15) is 5.06 Å². The Morgan fingerprint density at radius 1 is 1.33 bits per heavy atom. The second kappa shape index (κ2) is 3.10. The van der Waals surface area contributed by atoms with E-state index in [1.54, 1.807) is 0 Å². The molecule has 72 valence electrons. The molecule has 3 heteroatoms. The van der Waals surface area contributed by atoms with Gasteiger partial charge in [-0.15, -0.1) is 0 Å². The van der Waals surface area contributed by atoms with Crippen LogP contribution in [0.4, 0.5) is 0 Å². The number of alkyl halides is 1. The molecule has 1 rings (SSSR count). The zero-order valence-electron chi connectivity index (χ0n) is 8.26. The average Bonchev–Trinajstić information content (AvgIpc) is 1.96. The van der Waals surface area contributed by atoms with Crippen molar-refractivity contribution in [1.29, 1.82) is 0 Å². The molecular formula is C9H18INO. The first kappa shape index (κ1) is 10.7. The van der Waals surface area contributed by atoms with E-state index in [-0.39, 0.29) is 11.1 Å². The Kier molecular flexibility index (Phi) is 2.77. The molecule has 0 amide bonds. The first-order valence-electron chi connectivity index (χ1n) is 4.42. The summed E-state index contributed by atoms with van der Waals surface area (Å²) in [7, 11) is 0. The van der Waals surface area contributed by atoms with E-state index in [0.717, 1.165) is 6.42 Å². The molecule has 1 unspecified atom stereocenters. The second-order valence-electron chi connectivity index (χ2n) is 4.78.